The van der Waals surface area contributed by atoms with Crippen LogP contribution in [0.5, 0.6) is 0 Å². The summed E-state index contributed by atoms with van der Waals surface area (Å²) in [7, 11) is -1.65. The van der Waals surface area contributed by atoms with Gasteiger partial charge in [-0.05, 0) is 49.4 Å². The lowest BCUT2D eigenvalue weighted by atomic mass is 10.0. The Hall–Kier alpha value is -1.06. The highest BCUT2D eigenvalue weighted by molar-refractivity contribution is 8.44. The van der Waals surface area contributed by atoms with Crippen molar-refractivity contribution >= 4 is 10.0 Å². The van der Waals surface area contributed by atoms with Crippen LogP contribution < -0.4 is 5.73 Å². The van der Waals surface area contributed by atoms with Gasteiger partial charge in [-0.15, -0.1) is 0 Å². The second kappa shape index (κ2) is 4.99. The van der Waals surface area contributed by atoms with Crippen molar-refractivity contribution in [3.63, 3.8) is 0 Å². The minimum Gasteiger partial charge on any atom is -0.387 e. The molecule has 5 heteroatoms. The fraction of sp³-hybridized carbons (Fsp3) is 0.562. The number of aliphatic hydroxyl groups excluding tert-OH is 1. The number of hydrogen-bond donors (Lipinski definition) is 2. The molecule has 1 aromatic carbocycles. The zero-order chi connectivity index (χ0) is 15.3. The van der Waals surface area contributed by atoms with Crippen LogP contribution in [-0.2, 0) is 4.74 Å². The van der Waals surface area contributed by atoms with Crippen molar-refractivity contribution in [2.45, 2.75) is 42.6 Å². The van der Waals surface area contributed by atoms with Gasteiger partial charge in [0.05, 0.1) is 6.10 Å². The number of rotatable bonds is 3. The molecule has 0 bridgehead atoms. The maximum atomic E-state index is 10.3. The number of nitriles is 1. The van der Waals surface area contributed by atoms with E-state index in [1.54, 1.807) is 0 Å². The molecule has 4 nitrogen and oxygen atoms in total. The number of aliphatic hydroxyl groups is 1. The van der Waals surface area contributed by atoms with Gasteiger partial charge in [-0.1, -0.05) is 16.1 Å². The summed E-state index contributed by atoms with van der Waals surface area (Å²) >= 11 is 0. The van der Waals surface area contributed by atoms with E-state index in [1.165, 1.54) is 0 Å². The number of ether oxygens (including phenoxy) is 1. The second-order valence-electron chi connectivity index (χ2n) is 6.08. The van der Waals surface area contributed by atoms with Gasteiger partial charge in [0.2, 0.25) is 0 Å². The average molecular weight is 306 g/mol. The minimum absolute atomic E-state index is 0.172. The molecular weight excluding hydrogens is 284 g/mol. The van der Waals surface area contributed by atoms with Crippen molar-refractivity contribution in [3.05, 3.63) is 28.8 Å². The second-order valence-corrected chi connectivity index (χ2v) is 9.22. The number of aryl methyl sites for hydroxylation is 2. The van der Waals surface area contributed by atoms with Crippen LogP contribution in [0.3, 0.4) is 0 Å². The molecule has 1 aromatic rings. The number of hydrogen-bond acceptors (Lipinski definition) is 4. The Morgan fingerprint density at radius 1 is 1.52 bits per heavy atom. The standard InChI is InChI=1S/C16H22N2O2S/c1-11-6-12(2)15(13(19)8-17)14(7-11)21(10-18)9-16(21)4-3-5-20-16/h6-7,13,19H,3-5,8-9,17H2,1-2H3. The molecule has 3 unspecified atom stereocenters. The van der Waals surface area contributed by atoms with Crippen LogP contribution in [0.25, 0.3) is 0 Å². The smallest absolute Gasteiger partial charge is 0.122 e. The normalized spacial score (nSPS) is 35.2. The van der Waals surface area contributed by atoms with Gasteiger partial charge in [0.1, 0.15) is 10.3 Å². The molecule has 3 N–H and O–H groups in total. The largest absolute Gasteiger partial charge is 0.387 e. The summed E-state index contributed by atoms with van der Waals surface area (Å²) in [6.07, 6.45) is 1.27. The fourth-order valence-corrected chi connectivity index (χ4v) is 7.48. The first kappa shape index (κ1) is 14.9. The predicted octanol–water partition coefficient (Wildman–Crippen LogP) is 2.46. The van der Waals surface area contributed by atoms with Gasteiger partial charge in [0, 0.05) is 23.8 Å². The third-order valence-corrected chi connectivity index (χ3v) is 8.32. The molecule has 0 saturated carbocycles. The lowest BCUT2D eigenvalue weighted by molar-refractivity contribution is 0.121. The summed E-state index contributed by atoms with van der Waals surface area (Å²) in [6.45, 7) is 4.94. The average Bonchev–Trinajstić information content (AvgIpc) is 2.83. The van der Waals surface area contributed by atoms with Gasteiger partial charge in [-0.2, -0.15) is 5.26 Å². The van der Waals surface area contributed by atoms with E-state index in [2.05, 4.69) is 11.5 Å². The van der Waals surface area contributed by atoms with Crippen molar-refractivity contribution in [1.29, 1.82) is 5.26 Å². The van der Waals surface area contributed by atoms with E-state index in [-0.39, 0.29) is 11.5 Å². The third kappa shape index (κ3) is 2.01. The van der Waals surface area contributed by atoms with Gasteiger partial charge in [0.15, 0.2) is 0 Å². The van der Waals surface area contributed by atoms with Gasteiger partial charge in [0.25, 0.3) is 0 Å². The molecule has 3 atom stereocenters. The Balaban J connectivity index is 2.16. The molecule has 2 aliphatic rings. The first-order valence-corrected chi connectivity index (χ1v) is 9.14. The summed E-state index contributed by atoms with van der Waals surface area (Å²) in [5.74, 6) is 0.809. The van der Waals surface area contributed by atoms with Crippen molar-refractivity contribution in [3.8, 4) is 5.40 Å². The van der Waals surface area contributed by atoms with Crippen LogP contribution in [-0.4, -0.2) is 28.9 Å². The summed E-state index contributed by atoms with van der Waals surface area (Å²) in [5.41, 5.74) is 8.67. The van der Waals surface area contributed by atoms with Crippen LogP contribution >= 0.6 is 10.0 Å². The Bertz CT molecular complexity index is 619. The van der Waals surface area contributed by atoms with Crippen LogP contribution in [0.15, 0.2) is 17.0 Å². The van der Waals surface area contributed by atoms with Crippen molar-refractivity contribution in [2.24, 2.45) is 5.73 Å². The SMILES string of the molecule is Cc1cc(C)c(C(O)CN)c(S2(C#N)CC23CCCO3)c1. The summed E-state index contributed by atoms with van der Waals surface area (Å²) < 4.78 is 5.96. The Morgan fingerprint density at radius 3 is 2.86 bits per heavy atom. The van der Waals surface area contributed by atoms with E-state index in [9.17, 15) is 10.4 Å². The Labute approximate surface area is 127 Å². The quantitative estimate of drug-likeness (QED) is 0.664. The van der Waals surface area contributed by atoms with Crippen LogP contribution in [0, 0.1) is 24.5 Å². The highest BCUT2D eigenvalue weighted by Gasteiger charge is 2.68. The first-order valence-electron chi connectivity index (χ1n) is 7.34. The molecule has 114 valence electrons. The van der Waals surface area contributed by atoms with Gasteiger partial charge < -0.3 is 15.6 Å². The number of benzene rings is 1. The molecule has 2 aliphatic heterocycles. The minimum atomic E-state index is -1.65. The van der Waals surface area contributed by atoms with Crippen LogP contribution in [0.2, 0.25) is 0 Å². The van der Waals surface area contributed by atoms with E-state index in [1.807, 2.05) is 19.9 Å². The predicted molar refractivity (Wildman–Crippen MR) is 84.2 cm³/mol. The van der Waals surface area contributed by atoms with Gasteiger partial charge in [-0.25, -0.2) is 0 Å². The molecule has 0 aromatic heterocycles. The maximum Gasteiger partial charge on any atom is 0.122 e. The molecule has 3 rings (SSSR count). The molecule has 1 spiro atoms. The van der Waals surface area contributed by atoms with Gasteiger partial charge in [-0.3, -0.25) is 0 Å². The van der Waals surface area contributed by atoms with Gasteiger partial charge >= 0.3 is 0 Å². The highest BCUT2D eigenvalue weighted by atomic mass is 32.3. The summed E-state index contributed by atoms with van der Waals surface area (Å²) in [6, 6.07) is 4.11. The highest BCUT2D eigenvalue weighted by Crippen LogP contribution is 2.83. The molecule has 21 heavy (non-hydrogen) atoms. The number of nitrogens with two attached hydrogens (primary N) is 1. The topological polar surface area (TPSA) is 79.3 Å². The van der Waals surface area contributed by atoms with E-state index in [0.717, 1.165) is 46.8 Å². The Morgan fingerprint density at radius 2 is 2.29 bits per heavy atom. The van der Waals surface area contributed by atoms with E-state index < -0.39 is 16.1 Å². The van der Waals surface area contributed by atoms with Crippen LogP contribution in [0.4, 0.5) is 0 Å². The molecular formula is C16H22N2O2S. The lowest BCUT2D eigenvalue weighted by Gasteiger charge is -2.26. The van der Waals surface area contributed by atoms with E-state index in [4.69, 9.17) is 10.5 Å². The Kier molecular flexibility index (Phi) is 3.53. The number of thiocyanates is 1. The first-order chi connectivity index (χ1) is 9.99. The lowest BCUT2D eigenvalue weighted by Crippen LogP contribution is -2.16. The fourth-order valence-electron chi connectivity index (χ4n) is 3.58. The van der Waals surface area contributed by atoms with Crippen molar-refractivity contribution in [1.82, 2.24) is 0 Å². The molecule has 2 heterocycles. The summed E-state index contributed by atoms with van der Waals surface area (Å²) in [5, 5.41) is 22.8. The van der Waals surface area contributed by atoms with Crippen molar-refractivity contribution in [2.75, 3.05) is 18.9 Å². The number of nitrogens with zero attached hydrogens (tertiary/aromatic N) is 1. The molecule has 0 radical (unpaired) electrons. The molecule has 0 aliphatic carbocycles. The zero-order valence-electron chi connectivity index (χ0n) is 12.6. The third-order valence-electron chi connectivity index (χ3n) is 4.63. The summed E-state index contributed by atoms with van der Waals surface area (Å²) in [4.78, 5) is 0.743. The zero-order valence-corrected chi connectivity index (χ0v) is 13.4. The van der Waals surface area contributed by atoms with Crippen molar-refractivity contribution < 1.29 is 9.84 Å². The molecule has 2 saturated heterocycles. The van der Waals surface area contributed by atoms with Crippen LogP contribution in [0.1, 0.15) is 35.6 Å². The molecule has 0 amide bonds. The monoisotopic (exact) mass is 306 g/mol. The van der Waals surface area contributed by atoms with E-state index >= 15 is 0 Å². The van der Waals surface area contributed by atoms with E-state index in [0.29, 0.717) is 0 Å². The maximum absolute atomic E-state index is 10.3. The molecule has 2 fully saturated rings.